The first-order valence-electron chi connectivity index (χ1n) is 5.32. The quantitative estimate of drug-likeness (QED) is 0.751. The maximum Gasteiger partial charge on any atom is 0.176 e. The first kappa shape index (κ1) is 11.4. The van der Waals surface area contributed by atoms with Crippen molar-refractivity contribution in [1.82, 2.24) is 0 Å². The van der Waals surface area contributed by atoms with E-state index in [1.54, 1.807) is 0 Å². The standard InChI is InChI=1S/C13H16O2S/c1-13(2,3)12-6-4-10(5-7-12)11-8-16(14,15)9-11/h4-8H,9H2,1-3H3. The highest BCUT2D eigenvalue weighted by Crippen LogP contribution is 2.29. The molecule has 3 heteroatoms. The number of hydrogen-bond acceptors (Lipinski definition) is 2. The smallest absolute Gasteiger partial charge is 0.176 e. The van der Waals surface area contributed by atoms with Gasteiger partial charge in [-0.15, -0.1) is 0 Å². The predicted molar refractivity (Wildman–Crippen MR) is 66.9 cm³/mol. The highest BCUT2D eigenvalue weighted by molar-refractivity contribution is 7.96. The van der Waals surface area contributed by atoms with Gasteiger partial charge in [-0.25, -0.2) is 8.42 Å². The minimum Gasteiger partial charge on any atom is -0.224 e. The molecule has 0 saturated carbocycles. The molecule has 0 aliphatic carbocycles. The van der Waals surface area contributed by atoms with Crippen molar-refractivity contribution < 1.29 is 8.42 Å². The third-order valence-corrected chi connectivity index (χ3v) is 4.16. The lowest BCUT2D eigenvalue weighted by molar-refractivity contribution is 0.590. The van der Waals surface area contributed by atoms with E-state index in [0.29, 0.717) is 0 Å². The summed E-state index contributed by atoms with van der Waals surface area (Å²) in [7, 11) is -2.88. The Kier molecular flexibility index (Phi) is 2.46. The van der Waals surface area contributed by atoms with Gasteiger partial charge in [0.25, 0.3) is 0 Å². The molecule has 1 aliphatic rings. The fraction of sp³-hybridized carbons (Fsp3) is 0.385. The van der Waals surface area contributed by atoms with E-state index in [2.05, 4.69) is 32.9 Å². The van der Waals surface area contributed by atoms with Crippen molar-refractivity contribution in [3.8, 4) is 0 Å². The second-order valence-electron chi connectivity index (χ2n) is 5.28. The molecule has 0 N–H and O–H groups in total. The van der Waals surface area contributed by atoms with Gasteiger partial charge in [-0.2, -0.15) is 0 Å². The van der Waals surface area contributed by atoms with Gasteiger partial charge in [0.15, 0.2) is 9.84 Å². The summed E-state index contributed by atoms with van der Waals surface area (Å²) < 4.78 is 22.0. The van der Waals surface area contributed by atoms with Gasteiger partial charge in [0.1, 0.15) is 0 Å². The van der Waals surface area contributed by atoms with Crippen LogP contribution in [0.5, 0.6) is 0 Å². The van der Waals surface area contributed by atoms with Gasteiger partial charge >= 0.3 is 0 Å². The van der Waals surface area contributed by atoms with Crippen molar-refractivity contribution in [3.05, 3.63) is 40.8 Å². The molecule has 0 atom stereocenters. The van der Waals surface area contributed by atoms with E-state index in [9.17, 15) is 8.42 Å². The zero-order valence-corrected chi connectivity index (χ0v) is 10.6. The van der Waals surface area contributed by atoms with Crippen LogP contribution in [-0.4, -0.2) is 14.2 Å². The Bertz CT molecular complexity index is 528. The second-order valence-corrected chi connectivity index (χ2v) is 7.13. The summed E-state index contributed by atoms with van der Waals surface area (Å²) >= 11 is 0. The summed E-state index contributed by atoms with van der Waals surface area (Å²) in [4.78, 5) is 0. The molecule has 0 bridgehead atoms. The summed E-state index contributed by atoms with van der Waals surface area (Å²) in [5.74, 6) is 0.182. The summed E-state index contributed by atoms with van der Waals surface area (Å²) in [6.45, 7) is 6.49. The minimum absolute atomic E-state index is 0.138. The number of hydrogen-bond donors (Lipinski definition) is 0. The molecular weight excluding hydrogens is 220 g/mol. The molecule has 2 rings (SSSR count). The van der Waals surface area contributed by atoms with Gasteiger partial charge in [0, 0.05) is 5.41 Å². The topological polar surface area (TPSA) is 34.1 Å². The van der Waals surface area contributed by atoms with Gasteiger partial charge in [-0.1, -0.05) is 45.0 Å². The van der Waals surface area contributed by atoms with Crippen LogP contribution in [0.2, 0.25) is 0 Å². The summed E-state index contributed by atoms with van der Waals surface area (Å²) in [5, 5.41) is 1.36. The van der Waals surface area contributed by atoms with Gasteiger partial charge in [0.2, 0.25) is 0 Å². The Balaban J connectivity index is 2.29. The van der Waals surface area contributed by atoms with Crippen LogP contribution in [0.15, 0.2) is 29.7 Å². The third kappa shape index (κ3) is 2.19. The maximum absolute atomic E-state index is 11.0. The van der Waals surface area contributed by atoms with Crippen LogP contribution in [0.1, 0.15) is 31.9 Å². The van der Waals surface area contributed by atoms with Crippen molar-refractivity contribution in [3.63, 3.8) is 0 Å². The number of benzene rings is 1. The van der Waals surface area contributed by atoms with Crippen LogP contribution in [0, 0.1) is 0 Å². The van der Waals surface area contributed by atoms with Crippen molar-refractivity contribution >= 4 is 15.4 Å². The zero-order chi connectivity index (χ0) is 12.0. The van der Waals surface area contributed by atoms with Crippen molar-refractivity contribution in [2.24, 2.45) is 0 Å². The average molecular weight is 236 g/mol. The van der Waals surface area contributed by atoms with Crippen molar-refractivity contribution in [1.29, 1.82) is 0 Å². The van der Waals surface area contributed by atoms with Crippen molar-refractivity contribution in [2.45, 2.75) is 26.2 Å². The van der Waals surface area contributed by atoms with E-state index in [-0.39, 0.29) is 11.2 Å². The van der Waals surface area contributed by atoms with E-state index >= 15 is 0 Å². The molecule has 0 saturated heterocycles. The molecule has 0 spiro atoms. The SMILES string of the molecule is CC(C)(C)c1ccc(C2=CS(=O)(=O)C2)cc1. The average Bonchev–Trinajstić information content (AvgIpc) is 2.13. The summed E-state index contributed by atoms with van der Waals surface area (Å²) in [5.41, 5.74) is 3.33. The molecule has 0 unspecified atom stereocenters. The Morgan fingerprint density at radius 3 is 1.94 bits per heavy atom. The summed E-state index contributed by atoms with van der Waals surface area (Å²) in [6, 6.07) is 8.14. The van der Waals surface area contributed by atoms with Gasteiger partial charge < -0.3 is 0 Å². The van der Waals surface area contributed by atoms with E-state index < -0.39 is 9.84 Å². The molecule has 2 nitrogen and oxygen atoms in total. The molecule has 1 heterocycles. The van der Waals surface area contributed by atoms with E-state index in [4.69, 9.17) is 0 Å². The number of sulfone groups is 1. The lowest BCUT2D eigenvalue weighted by Crippen LogP contribution is -2.16. The molecule has 86 valence electrons. The lowest BCUT2D eigenvalue weighted by Gasteiger charge is -2.20. The Morgan fingerprint density at radius 1 is 1.06 bits per heavy atom. The molecule has 1 aromatic rings. The zero-order valence-electron chi connectivity index (χ0n) is 9.82. The van der Waals surface area contributed by atoms with Gasteiger partial charge in [-0.3, -0.25) is 0 Å². The molecule has 0 amide bonds. The van der Waals surface area contributed by atoms with E-state index in [0.717, 1.165) is 11.1 Å². The normalized spacial score (nSPS) is 18.8. The van der Waals surface area contributed by atoms with Crippen LogP contribution in [-0.2, 0) is 15.3 Å². The highest BCUT2D eigenvalue weighted by Gasteiger charge is 2.23. The van der Waals surface area contributed by atoms with Crippen molar-refractivity contribution in [2.75, 3.05) is 5.75 Å². The van der Waals surface area contributed by atoms with Crippen LogP contribution in [0.3, 0.4) is 0 Å². The highest BCUT2D eigenvalue weighted by atomic mass is 32.2. The molecule has 0 radical (unpaired) electrons. The molecule has 0 fully saturated rings. The first-order valence-corrected chi connectivity index (χ1v) is 7.04. The molecule has 1 aliphatic heterocycles. The van der Waals surface area contributed by atoms with Gasteiger partial charge in [0.05, 0.1) is 5.75 Å². The van der Waals surface area contributed by atoms with E-state index in [1.807, 2.05) is 12.1 Å². The largest absolute Gasteiger partial charge is 0.224 e. The number of rotatable bonds is 1. The fourth-order valence-electron chi connectivity index (χ4n) is 1.75. The van der Waals surface area contributed by atoms with Crippen LogP contribution < -0.4 is 0 Å². The minimum atomic E-state index is -2.88. The second kappa shape index (κ2) is 3.45. The van der Waals surface area contributed by atoms with Crippen LogP contribution in [0.25, 0.3) is 5.57 Å². The Hall–Kier alpha value is -1.09. The Labute approximate surface area is 96.9 Å². The Morgan fingerprint density at radius 2 is 1.56 bits per heavy atom. The summed E-state index contributed by atoms with van der Waals surface area (Å²) in [6.07, 6.45) is 0. The third-order valence-electron chi connectivity index (χ3n) is 2.80. The molecule has 1 aromatic carbocycles. The molecule has 16 heavy (non-hydrogen) atoms. The first-order chi connectivity index (χ1) is 7.28. The lowest BCUT2D eigenvalue weighted by atomic mass is 9.86. The van der Waals surface area contributed by atoms with Crippen LogP contribution >= 0.6 is 0 Å². The maximum atomic E-state index is 11.0. The van der Waals surface area contributed by atoms with Gasteiger partial charge in [-0.05, 0) is 22.1 Å². The van der Waals surface area contributed by atoms with E-state index in [1.165, 1.54) is 11.0 Å². The monoisotopic (exact) mass is 236 g/mol. The van der Waals surface area contributed by atoms with Crippen LogP contribution in [0.4, 0.5) is 0 Å². The molecular formula is C13H16O2S. The predicted octanol–water partition coefficient (Wildman–Crippen LogP) is 2.75. The molecule has 0 aromatic heterocycles. The fourth-order valence-corrected chi connectivity index (χ4v) is 2.87.